The summed E-state index contributed by atoms with van der Waals surface area (Å²) < 4.78 is 8.98. The average molecular weight is 204 g/mol. The maximum Gasteiger partial charge on any atom is 0.324 e. The van der Waals surface area contributed by atoms with Gasteiger partial charge in [0.25, 0.3) is 0 Å². The van der Waals surface area contributed by atoms with E-state index >= 15 is 0 Å². The molecule has 0 amide bonds. The molecule has 0 saturated carbocycles. The van der Waals surface area contributed by atoms with Gasteiger partial charge in [-0.2, -0.15) is 0 Å². The number of esters is 2. The summed E-state index contributed by atoms with van der Waals surface area (Å²) in [6.07, 6.45) is 0. The van der Waals surface area contributed by atoms with Gasteiger partial charge in [0.15, 0.2) is 0 Å². The SMILES string of the molecule is COC(=O)CN(C)C(CN)C(=O)OC. The van der Waals surface area contributed by atoms with Gasteiger partial charge in [-0.25, -0.2) is 0 Å². The highest BCUT2D eigenvalue weighted by Crippen LogP contribution is 1.97. The molecule has 0 aliphatic rings. The van der Waals surface area contributed by atoms with E-state index in [2.05, 4.69) is 9.47 Å². The monoisotopic (exact) mass is 204 g/mol. The lowest BCUT2D eigenvalue weighted by molar-refractivity contribution is -0.148. The van der Waals surface area contributed by atoms with E-state index in [9.17, 15) is 9.59 Å². The van der Waals surface area contributed by atoms with Crippen LogP contribution in [0.15, 0.2) is 0 Å². The van der Waals surface area contributed by atoms with Crippen LogP contribution in [0.25, 0.3) is 0 Å². The molecule has 0 spiro atoms. The molecule has 0 aromatic rings. The van der Waals surface area contributed by atoms with Gasteiger partial charge in [-0.05, 0) is 7.05 Å². The number of ether oxygens (including phenoxy) is 2. The Morgan fingerprint density at radius 3 is 2.29 bits per heavy atom. The van der Waals surface area contributed by atoms with E-state index in [1.165, 1.54) is 19.1 Å². The summed E-state index contributed by atoms with van der Waals surface area (Å²) in [5.74, 6) is -0.881. The fourth-order valence-corrected chi connectivity index (χ4v) is 0.971. The lowest BCUT2D eigenvalue weighted by atomic mass is 10.2. The third-order valence-electron chi connectivity index (χ3n) is 1.83. The van der Waals surface area contributed by atoms with Gasteiger partial charge in [0.05, 0.1) is 20.8 Å². The van der Waals surface area contributed by atoms with E-state index in [4.69, 9.17) is 5.73 Å². The normalized spacial score (nSPS) is 12.4. The van der Waals surface area contributed by atoms with Gasteiger partial charge in [-0.1, -0.05) is 0 Å². The molecule has 14 heavy (non-hydrogen) atoms. The molecule has 0 fully saturated rings. The van der Waals surface area contributed by atoms with Crippen molar-refractivity contribution in [3.05, 3.63) is 0 Å². The van der Waals surface area contributed by atoms with Gasteiger partial charge in [0, 0.05) is 6.54 Å². The largest absolute Gasteiger partial charge is 0.468 e. The quantitative estimate of drug-likeness (QED) is 0.554. The van der Waals surface area contributed by atoms with Gasteiger partial charge in [-0.15, -0.1) is 0 Å². The molecule has 0 heterocycles. The molecule has 6 nitrogen and oxygen atoms in total. The van der Waals surface area contributed by atoms with E-state index in [-0.39, 0.29) is 13.1 Å². The fourth-order valence-electron chi connectivity index (χ4n) is 0.971. The van der Waals surface area contributed by atoms with Crippen LogP contribution in [0.3, 0.4) is 0 Å². The molecule has 0 aromatic carbocycles. The summed E-state index contributed by atoms with van der Waals surface area (Å²) in [6, 6.07) is -0.612. The van der Waals surface area contributed by atoms with E-state index in [0.717, 1.165) is 0 Å². The molecular formula is C8H16N2O4. The van der Waals surface area contributed by atoms with Crippen LogP contribution in [0.4, 0.5) is 0 Å². The van der Waals surface area contributed by atoms with Crippen LogP contribution in [0.2, 0.25) is 0 Å². The molecule has 0 rings (SSSR count). The van der Waals surface area contributed by atoms with Crippen LogP contribution in [0, 0.1) is 0 Å². The van der Waals surface area contributed by atoms with Gasteiger partial charge in [-0.3, -0.25) is 14.5 Å². The van der Waals surface area contributed by atoms with E-state index < -0.39 is 18.0 Å². The van der Waals surface area contributed by atoms with Crippen molar-refractivity contribution < 1.29 is 19.1 Å². The minimum Gasteiger partial charge on any atom is -0.468 e. The third-order valence-corrected chi connectivity index (χ3v) is 1.83. The van der Waals surface area contributed by atoms with E-state index in [1.807, 2.05) is 0 Å². The summed E-state index contributed by atoms with van der Waals surface area (Å²) in [4.78, 5) is 23.5. The molecule has 0 aliphatic heterocycles. The standard InChI is InChI=1S/C8H16N2O4/c1-10(5-7(11)13-2)6(4-9)8(12)14-3/h6H,4-5,9H2,1-3H3. The molecule has 0 bridgehead atoms. The summed E-state index contributed by atoms with van der Waals surface area (Å²) >= 11 is 0. The topological polar surface area (TPSA) is 81.9 Å². The smallest absolute Gasteiger partial charge is 0.324 e. The zero-order valence-electron chi connectivity index (χ0n) is 8.65. The number of carbonyl (C=O) groups is 2. The number of carbonyl (C=O) groups excluding carboxylic acids is 2. The molecular weight excluding hydrogens is 188 g/mol. The lowest BCUT2D eigenvalue weighted by Crippen LogP contribution is -2.46. The van der Waals surface area contributed by atoms with Crippen molar-refractivity contribution in [2.45, 2.75) is 6.04 Å². The molecule has 0 aliphatic carbocycles. The van der Waals surface area contributed by atoms with Crippen molar-refractivity contribution in [2.24, 2.45) is 5.73 Å². The minimum atomic E-state index is -0.612. The summed E-state index contributed by atoms with van der Waals surface area (Å²) in [5.41, 5.74) is 5.37. The van der Waals surface area contributed by atoms with Crippen LogP contribution < -0.4 is 5.73 Å². The number of methoxy groups -OCH3 is 2. The molecule has 1 unspecified atom stereocenters. The lowest BCUT2D eigenvalue weighted by Gasteiger charge is -2.23. The second-order valence-corrected chi connectivity index (χ2v) is 2.77. The van der Waals surface area contributed by atoms with Crippen molar-refractivity contribution in [2.75, 3.05) is 34.4 Å². The summed E-state index contributed by atoms with van der Waals surface area (Å²) in [6.45, 7) is 0.105. The first-order chi connectivity index (χ1) is 6.56. The Bertz CT molecular complexity index is 208. The Balaban J connectivity index is 4.23. The third kappa shape index (κ3) is 3.71. The minimum absolute atomic E-state index is 0.00741. The predicted molar refractivity (Wildman–Crippen MR) is 49.5 cm³/mol. The van der Waals surface area contributed by atoms with Crippen LogP contribution in [0.5, 0.6) is 0 Å². The van der Waals surface area contributed by atoms with Crippen LogP contribution >= 0.6 is 0 Å². The highest BCUT2D eigenvalue weighted by Gasteiger charge is 2.23. The van der Waals surface area contributed by atoms with Gasteiger partial charge in [0.2, 0.25) is 0 Å². The van der Waals surface area contributed by atoms with Crippen molar-refractivity contribution in [3.8, 4) is 0 Å². The number of nitrogens with zero attached hydrogens (tertiary/aromatic N) is 1. The Kier molecular flexibility index (Phi) is 5.82. The van der Waals surface area contributed by atoms with Crippen molar-refractivity contribution in [1.29, 1.82) is 0 Å². The first-order valence-electron chi connectivity index (χ1n) is 4.11. The molecule has 0 radical (unpaired) electrons. The zero-order valence-corrected chi connectivity index (χ0v) is 8.65. The van der Waals surface area contributed by atoms with Crippen molar-refractivity contribution in [1.82, 2.24) is 4.90 Å². The van der Waals surface area contributed by atoms with E-state index in [0.29, 0.717) is 0 Å². The van der Waals surface area contributed by atoms with Crippen LogP contribution in [0.1, 0.15) is 0 Å². The predicted octanol–water partition coefficient (Wildman–Crippen LogP) is -1.41. The van der Waals surface area contributed by atoms with Gasteiger partial charge in [0.1, 0.15) is 6.04 Å². The highest BCUT2D eigenvalue weighted by molar-refractivity contribution is 5.77. The molecule has 6 heteroatoms. The first-order valence-corrected chi connectivity index (χ1v) is 4.11. The summed E-state index contributed by atoms with van der Waals surface area (Å²) in [7, 11) is 4.16. The Morgan fingerprint density at radius 1 is 1.36 bits per heavy atom. The Hall–Kier alpha value is -1.14. The second-order valence-electron chi connectivity index (χ2n) is 2.77. The highest BCUT2D eigenvalue weighted by atomic mass is 16.5. The fraction of sp³-hybridized carbons (Fsp3) is 0.750. The van der Waals surface area contributed by atoms with Crippen LogP contribution in [-0.4, -0.2) is 57.2 Å². The molecule has 0 saturated heterocycles. The Morgan fingerprint density at radius 2 is 1.93 bits per heavy atom. The molecule has 82 valence electrons. The maximum atomic E-state index is 11.2. The number of rotatable bonds is 5. The molecule has 1 atom stereocenters. The van der Waals surface area contributed by atoms with Crippen molar-refractivity contribution >= 4 is 11.9 Å². The zero-order chi connectivity index (χ0) is 11.1. The van der Waals surface area contributed by atoms with Gasteiger partial charge < -0.3 is 15.2 Å². The number of hydrogen-bond donors (Lipinski definition) is 1. The first kappa shape index (κ1) is 12.9. The number of hydrogen-bond acceptors (Lipinski definition) is 6. The number of nitrogens with two attached hydrogens (primary N) is 1. The summed E-state index contributed by atoms with van der Waals surface area (Å²) in [5, 5.41) is 0. The Labute approximate surface area is 82.9 Å². The van der Waals surface area contributed by atoms with Gasteiger partial charge >= 0.3 is 11.9 Å². The van der Waals surface area contributed by atoms with Crippen molar-refractivity contribution in [3.63, 3.8) is 0 Å². The molecule has 2 N–H and O–H groups in total. The maximum absolute atomic E-state index is 11.2. The second kappa shape index (κ2) is 6.33. The molecule has 0 aromatic heterocycles. The van der Waals surface area contributed by atoms with Crippen LogP contribution in [-0.2, 0) is 19.1 Å². The van der Waals surface area contributed by atoms with E-state index in [1.54, 1.807) is 7.05 Å². The average Bonchev–Trinajstić information content (AvgIpc) is 2.18. The number of likely N-dealkylation sites (N-methyl/N-ethyl adjacent to an activating group) is 1.